The number of hydrogen-bond acceptors (Lipinski definition) is 4. The fourth-order valence-corrected chi connectivity index (χ4v) is 4.48. The second-order valence-electron chi connectivity index (χ2n) is 5.76. The van der Waals surface area contributed by atoms with Gasteiger partial charge in [0.15, 0.2) is 12.6 Å². The number of para-hydroxylation sites is 1. The highest BCUT2D eigenvalue weighted by Gasteiger charge is 2.52. The molecule has 1 aliphatic heterocycles. The van der Waals surface area contributed by atoms with E-state index in [-0.39, 0.29) is 23.0 Å². The number of aromatic nitrogens is 1. The summed E-state index contributed by atoms with van der Waals surface area (Å²) in [6, 6.07) is 9.75. The molecule has 1 amide bonds. The fourth-order valence-electron chi connectivity index (χ4n) is 3.33. The van der Waals surface area contributed by atoms with E-state index in [0.717, 1.165) is 21.9 Å². The van der Waals surface area contributed by atoms with E-state index in [1.54, 1.807) is 11.3 Å². The molecule has 2 unspecified atom stereocenters. The summed E-state index contributed by atoms with van der Waals surface area (Å²) in [6.07, 6.45) is 0.715. The summed E-state index contributed by atoms with van der Waals surface area (Å²) in [6.45, 7) is 3.07. The van der Waals surface area contributed by atoms with Gasteiger partial charge < -0.3 is 5.73 Å². The van der Waals surface area contributed by atoms with Crippen molar-refractivity contribution in [2.75, 3.05) is 13.1 Å². The van der Waals surface area contributed by atoms with Gasteiger partial charge in [0.05, 0.1) is 16.8 Å². The Bertz CT molecular complexity index is 702. The van der Waals surface area contributed by atoms with Crippen molar-refractivity contribution in [2.24, 2.45) is 11.7 Å². The molecular formula is C15H17N4OS+. The van der Waals surface area contributed by atoms with Crippen molar-refractivity contribution in [3.63, 3.8) is 0 Å². The molecule has 3 rings (SSSR count). The van der Waals surface area contributed by atoms with Gasteiger partial charge in [0.2, 0.25) is 0 Å². The topological polar surface area (TPSA) is 79.8 Å². The Hall–Kier alpha value is -1.97. The van der Waals surface area contributed by atoms with Crippen LogP contribution < -0.4 is 10.2 Å². The summed E-state index contributed by atoms with van der Waals surface area (Å²) >= 11 is 1.56. The molecule has 21 heavy (non-hydrogen) atoms. The molecule has 108 valence electrons. The predicted molar refractivity (Wildman–Crippen MR) is 83.5 cm³/mol. The highest BCUT2D eigenvalue weighted by Crippen LogP contribution is 2.41. The second-order valence-corrected chi connectivity index (χ2v) is 6.77. The molecule has 1 saturated heterocycles. The minimum Gasteiger partial charge on any atom is -0.364 e. The number of hydrogen-bond donors (Lipinski definition) is 1. The first kappa shape index (κ1) is 14.0. The number of quaternary nitrogens is 1. The predicted octanol–water partition coefficient (Wildman–Crippen LogP) is 2.02. The third-order valence-corrected chi connectivity index (χ3v) is 5.41. The zero-order valence-corrected chi connectivity index (χ0v) is 12.6. The molecule has 0 saturated carbocycles. The van der Waals surface area contributed by atoms with Crippen LogP contribution in [0.15, 0.2) is 24.3 Å². The van der Waals surface area contributed by atoms with Gasteiger partial charge in [0, 0.05) is 12.3 Å². The van der Waals surface area contributed by atoms with Crippen molar-refractivity contribution in [1.82, 2.24) is 9.47 Å². The molecule has 1 aromatic heterocycles. The van der Waals surface area contributed by atoms with Gasteiger partial charge in [0.1, 0.15) is 6.07 Å². The maximum atomic E-state index is 11.9. The van der Waals surface area contributed by atoms with Gasteiger partial charge in [0.25, 0.3) is 11.0 Å². The van der Waals surface area contributed by atoms with Gasteiger partial charge in [-0.15, -0.1) is 0 Å². The number of carbonyl (C=O) groups is 1. The van der Waals surface area contributed by atoms with Crippen LogP contribution in [0.4, 0.5) is 5.13 Å². The first-order chi connectivity index (χ1) is 10.1. The van der Waals surface area contributed by atoms with E-state index >= 15 is 0 Å². The second kappa shape index (κ2) is 5.10. The molecule has 1 aliphatic rings. The molecule has 0 bridgehead atoms. The third-order valence-electron chi connectivity index (χ3n) is 4.20. The van der Waals surface area contributed by atoms with Crippen LogP contribution in [-0.4, -0.2) is 30.0 Å². The highest BCUT2D eigenvalue weighted by molar-refractivity contribution is 7.22. The molecule has 5 nitrogen and oxygen atoms in total. The van der Waals surface area contributed by atoms with Gasteiger partial charge in [-0.3, -0.25) is 4.79 Å². The number of nitrogens with zero attached hydrogens (tertiary/aromatic N) is 3. The lowest BCUT2D eigenvalue weighted by molar-refractivity contribution is -0.121. The van der Waals surface area contributed by atoms with Crippen LogP contribution in [0, 0.1) is 17.2 Å². The summed E-state index contributed by atoms with van der Waals surface area (Å²) in [5, 5.41) is 10.1. The number of nitrogens with two attached hydrogens (primary N) is 1. The Balaban J connectivity index is 2.16. The monoisotopic (exact) mass is 301 g/mol. The molecular weight excluding hydrogens is 284 g/mol. The lowest BCUT2D eigenvalue weighted by Crippen LogP contribution is -2.58. The van der Waals surface area contributed by atoms with E-state index < -0.39 is 0 Å². The number of primary amides is 1. The molecule has 1 fully saturated rings. The summed E-state index contributed by atoms with van der Waals surface area (Å²) in [5.41, 5.74) is 6.52. The van der Waals surface area contributed by atoms with E-state index in [1.165, 1.54) is 0 Å². The molecule has 3 atom stereocenters. The Labute approximate surface area is 127 Å². The highest BCUT2D eigenvalue weighted by atomic mass is 32.1. The number of carbonyl (C=O) groups excluding carboxylic acids is 1. The van der Waals surface area contributed by atoms with Crippen molar-refractivity contribution >= 4 is 32.6 Å². The minimum atomic E-state index is -0.361. The van der Waals surface area contributed by atoms with E-state index in [0.29, 0.717) is 12.3 Å². The largest absolute Gasteiger partial charge is 0.364 e. The molecule has 6 heteroatoms. The smallest absolute Gasteiger partial charge is 0.288 e. The van der Waals surface area contributed by atoms with Crippen molar-refractivity contribution in [3.05, 3.63) is 24.3 Å². The van der Waals surface area contributed by atoms with E-state index in [2.05, 4.69) is 18.0 Å². The SMILES string of the molecule is CC1C[C@@H](C(N)=O)[N+](CC#N)(c2nc3ccccc3s2)C1. The Morgan fingerprint density at radius 1 is 1.57 bits per heavy atom. The number of nitriles is 1. The van der Waals surface area contributed by atoms with Crippen LogP contribution in [0.5, 0.6) is 0 Å². The Morgan fingerprint density at radius 3 is 3.00 bits per heavy atom. The van der Waals surface area contributed by atoms with Gasteiger partial charge in [-0.2, -0.15) is 10.2 Å². The zero-order chi connectivity index (χ0) is 15.0. The molecule has 0 spiro atoms. The van der Waals surface area contributed by atoms with E-state index in [4.69, 9.17) is 5.73 Å². The number of amides is 1. The number of likely N-dealkylation sites (tertiary alicyclic amines) is 1. The average Bonchev–Trinajstić information content (AvgIpc) is 3.01. The minimum absolute atomic E-state index is 0.234. The molecule has 1 aromatic carbocycles. The summed E-state index contributed by atoms with van der Waals surface area (Å²) < 4.78 is 1.36. The Morgan fingerprint density at radius 2 is 2.33 bits per heavy atom. The number of benzene rings is 1. The average molecular weight is 301 g/mol. The summed E-state index contributed by atoms with van der Waals surface area (Å²) in [5.74, 6) is 0.0109. The van der Waals surface area contributed by atoms with Gasteiger partial charge in [-0.1, -0.05) is 30.4 Å². The van der Waals surface area contributed by atoms with Crippen LogP contribution in [0.3, 0.4) is 0 Å². The fraction of sp³-hybridized carbons (Fsp3) is 0.400. The molecule has 2 N–H and O–H groups in total. The standard InChI is InChI=1S/C15H16N4OS/c1-10-8-12(14(17)20)19(9-10,7-6-16)15-18-11-4-2-3-5-13(11)21-15/h2-5,10,12H,7-9H2,1H3,(H-,17,20)/p+1/t10?,12-,19?/m0/s1. The first-order valence-electron chi connectivity index (χ1n) is 6.96. The number of thiazole rings is 1. The van der Waals surface area contributed by atoms with Crippen molar-refractivity contribution in [2.45, 2.75) is 19.4 Å². The zero-order valence-electron chi connectivity index (χ0n) is 11.8. The van der Waals surface area contributed by atoms with Crippen molar-refractivity contribution < 1.29 is 4.79 Å². The quantitative estimate of drug-likeness (QED) is 0.695. The third kappa shape index (κ3) is 2.19. The normalized spacial score (nSPS) is 28.6. The van der Waals surface area contributed by atoms with Crippen LogP contribution in [0.1, 0.15) is 13.3 Å². The Kier molecular flexibility index (Phi) is 3.40. The van der Waals surface area contributed by atoms with Crippen LogP contribution in [-0.2, 0) is 4.79 Å². The van der Waals surface area contributed by atoms with Gasteiger partial charge in [-0.25, -0.2) is 4.48 Å². The number of fused-ring (bicyclic) bond motifs is 1. The molecule has 0 aliphatic carbocycles. The lowest BCUT2D eigenvalue weighted by Gasteiger charge is -2.33. The summed E-state index contributed by atoms with van der Waals surface area (Å²) in [4.78, 5) is 16.6. The molecule has 2 aromatic rings. The number of rotatable bonds is 3. The van der Waals surface area contributed by atoms with Crippen LogP contribution >= 0.6 is 11.3 Å². The van der Waals surface area contributed by atoms with Crippen LogP contribution in [0.2, 0.25) is 0 Å². The van der Waals surface area contributed by atoms with Crippen molar-refractivity contribution in [1.29, 1.82) is 5.26 Å². The van der Waals surface area contributed by atoms with E-state index in [1.807, 2.05) is 24.3 Å². The van der Waals surface area contributed by atoms with E-state index in [9.17, 15) is 10.1 Å². The maximum absolute atomic E-state index is 11.9. The van der Waals surface area contributed by atoms with Crippen molar-refractivity contribution in [3.8, 4) is 6.07 Å². The van der Waals surface area contributed by atoms with Gasteiger partial charge >= 0.3 is 0 Å². The van der Waals surface area contributed by atoms with Gasteiger partial charge in [-0.05, 0) is 12.1 Å². The lowest BCUT2D eigenvalue weighted by atomic mass is 10.1. The summed E-state index contributed by atoms with van der Waals surface area (Å²) in [7, 11) is 0. The molecule has 2 heterocycles. The maximum Gasteiger partial charge on any atom is 0.288 e. The first-order valence-corrected chi connectivity index (χ1v) is 7.77. The molecule has 0 radical (unpaired) electrons. The van der Waals surface area contributed by atoms with Crippen LogP contribution in [0.25, 0.3) is 10.2 Å².